The summed E-state index contributed by atoms with van der Waals surface area (Å²) in [5, 5.41) is 7.81. The van der Waals surface area contributed by atoms with Crippen molar-refractivity contribution in [2.45, 2.75) is 51.1 Å². The highest BCUT2D eigenvalue weighted by Crippen LogP contribution is 2.62. The Labute approximate surface area is 153 Å². The second-order valence-electron chi connectivity index (χ2n) is 8.66. The molecular weight excluding hydrogens is 332 g/mol. The molecule has 2 saturated carbocycles. The van der Waals surface area contributed by atoms with Crippen LogP contribution in [0.15, 0.2) is 16.8 Å². The highest BCUT2D eigenvalue weighted by molar-refractivity contribution is 7.07. The molecule has 4 nitrogen and oxygen atoms in total. The number of piperidine rings is 1. The fraction of sp³-hybridized carbons (Fsp3) is 0.750. The minimum absolute atomic E-state index is 0.259. The van der Waals surface area contributed by atoms with Gasteiger partial charge in [-0.3, -0.25) is 4.79 Å². The molecule has 2 spiro atoms. The first-order valence-corrected chi connectivity index (χ1v) is 10.8. The lowest BCUT2D eigenvalue weighted by Crippen LogP contribution is -2.40. The molecule has 4 fully saturated rings. The van der Waals surface area contributed by atoms with Gasteiger partial charge in [-0.1, -0.05) is 0 Å². The van der Waals surface area contributed by atoms with Crippen LogP contribution in [0.5, 0.6) is 0 Å². The maximum atomic E-state index is 13.5. The second kappa shape index (κ2) is 6.07. The molecule has 0 bridgehead atoms. The molecule has 1 amide bonds. The lowest BCUT2D eigenvalue weighted by Gasteiger charge is -2.31. The summed E-state index contributed by atoms with van der Waals surface area (Å²) >= 11 is 1.73. The van der Waals surface area contributed by atoms with Crippen LogP contribution in [-0.2, 0) is 16.1 Å². The van der Waals surface area contributed by atoms with Gasteiger partial charge in [-0.2, -0.15) is 11.3 Å². The Bertz CT molecular complexity index is 632. The Hall–Kier alpha value is -0.910. The average Bonchev–Trinajstić information content (AvgIpc) is 3.43. The van der Waals surface area contributed by atoms with Crippen LogP contribution in [-0.4, -0.2) is 43.2 Å². The largest absolute Gasteiger partial charge is 0.381 e. The highest BCUT2D eigenvalue weighted by atomic mass is 32.1. The van der Waals surface area contributed by atoms with Crippen LogP contribution in [0.1, 0.15) is 44.1 Å². The van der Waals surface area contributed by atoms with Gasteiger partial charge in [-0.05, 0) is 84.8 Å². The molecule has 0 aromatic carbocycles. The summed E-state index contributed by atoms with van der Waals surface area (Å²) in [6.07, 6.45) is 6.93. The van der Waals surface area contributed by atoms with Crippen molar-refractivity contribution in [2.24, 2.45) is 16.7 Å². The Balaban J connectivity index is 1.34. The first-order valence-electron chi connectivity index (χ1n) is 9.83. The molecule has 2 aliphatic carbocycles. The van der Waals surface area contributed by atoms with Gasteiger partial charge in [-0.25, -0.2) is 0 Å². The predicted molar refractivity (Wildman–Crippen MR) is 98.4 cm³/mol. The summed E-state index contributed by atoms with van der Waals surface area (Å²) in [7, 11) is 0. The number of carbonyl (C=O) groups excluding carboxylic acids is 1. The minimum atomic E-state index is 0.259. The third kappa shape index (κ3) is 2.84. The van der Waals surface area contributed by atoms with Gasteiger partial charge in [-0.15, -0.1) is 0 Å². The van der Waals surface area contributed by atoms with Crippen LogP contribution in [0.25, 0.3) is 0 Å². The molecule has 0 radical (unpaired) electrons. The van der Waals surface area contributed by atoms with Gasteiger partial charge in [0.25, 0.3) is 0 Å². The van der Waals surface area contributed by atoms with Crippen molar-refractivity contribution < 1.29 is 9.53 Å². The number of nitrogens with one attached hydrogen (secondary N) is 1. The Kier molecular flexibility index (Phi) is 3.95. The number of hydrogen-bond acceptors (Lipinski definition) is 4. The number of rotatable bonds is 4. The maximum absolute atomic E-state index is 13.5. The highest BCUT2D eigenvalue weighted by Gasteiger charge is 2.63. The average molecular weight is 361 g/mol. The number of nitrogens with zero attached hydrogens (tertiary/aromatic N) is 1. The topological polar surface area (TPSA) is 41.6 Å². The molecule has 136 valence electrons. The first-order chi connectivity index (χ1) is 12.2. The van der Waals surface area contributed by atoms with E-state index >= 15 is 0 Å². The number of thiophene rings is 1. The smallest absolute Gasteiger partial charge is 0.226 e. The van der Waals surface area contributed by atoms with Gasteiger partial charge in [0.1, 0.15) is 0 Å². The van der Waals surface area contributed by atoms with Crippen molar-refractivity contribution in [2.75, 3.05) is 26.3 Å². The minimum Gasteiger partial charge on any atom is -0.381 e. The fourth-order valence-electron chi connectivity index (χ4n) is 5.38. The molecule has 2 saturated heterocycles. The van der Waals surface area contributed by atoms with Gasteiger partial charge in [0.15, 0.2) is 0 Å². The van der Waals surface area contributed by atoms with Crippen molar-refractivity contribution in [3.8, 4) is 0 Å². The standard InChI is InChI=1S/C20H28N2O2S/c23-18(16-11-19(16)4-8-24-9-5-19)22(13-15-1-10-25-14-15)17-12-20(17)2-6-21-7-3-20/h1,10,14,16-17,21H,2-9,11-13H2. The Morgan fingerprint density at radius 1 is 1.20 bits per heavy atom. The van der Waals surface area contributed by atoms with Crippen LogP contribution in [0, 0.1) is 16.7 Å². The van der Waals surface area contributed by atoms with Crippen LogP contribution in [0.3, 0.4) is 0 Å². The molecule has 4 aliphatic rings. The predicted octanol–water partition coefficient (Wildman–Crippen LogP) is 3.04. The summed E-state index contributed by atoms with van der Waals surface area (Å²) in [6.45, 7) is 4.72. The van der Waals surface area contributed by atoms with Crippen molar-refractivity contribution in [1.29, 1.82) is 0 Å². The SMILES string of the molecule is O=C(C1CC12CCOCC2)N(Cc1ccsc1)C1CC12CCNCC2. The summed E-state index contributed by atoms with van der Waals surface area (Å²) in [4.78, 5) is 15.8. The third-order valence-electron chi connectivity index (χ3n) is 7.31. The number of ether oxygens (including phenoxy) is 1. The van der Waals surface area contributed by atoms with E-state index in [2.05, 4.69) is 27.0 Å². The lowest BCUT2D eigenvalue weighted by atomic mass is 9.92. The molecule has 2 atom stereocenters. The van der Waals surface area contributed by atoms with E-state index in [-0.39, 0.29) is 11.3 Å². The van der Waals surface area contributed by atoms with E-state index in [1.54, 1.807) is 11.3 Å². The van der Waals surface area contributed by atoms with Crippen molar-refractivity contribution in [3.63, 3.8) is 0 Å². The normalized spacial score (nSPS) is 31.8. The van der Waals surface area contributed by atoms with Crippen LogP contribution in [0.2, 0.25) is 0 Å². The zero-order chi connectivity index (χ0) is 16.9. The first kappa shape index (κ1) is 16.3. The fourth-order valence-corrected chi connectivity index (χ4v) is 6.04. The molecule has 5 heteroatoms. The molecule has 1 aromatic heterocycles. The number of amides is 1. The summed E-state index contributed by atoms with van der Waals surface area (Å²) in [6, 6.07) is 2.65. The maximum Gasteiger partial charge on any atom is 0.226 e. The van der Waals surface area contributed by atoms with E-state index in [1.165, 1.54) is 24.8 Å². The van der Waals surface area contributed by atoms with Crippen LogP contribution >= 0.6 is 11.3 Å². The van der Waals surface area contributed by atoms with E-state index in [1.807, 2.05) is 0 Å². The van der Waals surface area contributed by atoms with Gasteiger partial charge in [0.05, 0.1) is 0 Å². The zero-order valence-electron chi connectivity index (χ0n) is 14.8. The second-order valence-corrected chi connectivity index (χ2v) is 9.44. The third-order valence-corrected chi connectivity index (χ3v) is 8.05. The zero-order valence-corrected chi connectivity index (χ0v) is 15.7. The molecule has 1 aromatic rings. The monoisotopic (exact) mass is 360 g/mol. The van der Waals surface area contributed by atoms with Crippen LogP contribution in [0.4, 0.5) is 0 Å². The van der Waals surface area contributed by atoms with Crippen molar-refractivity contribution in [3.05, 3.63) is 22.4 Å². The van der Waals surface area contributed by atoms with E-state index in [4.69, 9.17) is 4.74 Å². The molecule has 2 unspecified atom stereocenters. The van der Waals surface area contributed by atoms with Gasteiger partial charge in [0.2, 0.25) is 5.91 Å². The van der Waals surface area contributed by atoms with E-state index in [0.717, 1.165) is 52.1 Å². The molecule has 3 heterocycles. The Morgan fingerprint density at radius 3 is 2.72 bits per heavy atom. The molecule has 25 heavy (non-hydrogen) atoms. The van der Waals surface area contributed by atoms with Crippen molar-refractivity contribution >= 4 is 17.2 Å². The van der Waals surface area contributed by atoms with E-state index in [0.29, 0.717) is 17.4 Å². The van der Waals surface area contributed by atoms with Gasteiger partial charge >= 0.3 is 0 Å². The van der Waals surface area contributed by atoms with E-state index < -0.39 is 0 Å². The van der Waals surface area contributed by atoms with Gasteiger partial charge in [0, 0.05) is 31.7 Å². The molecule has 5 rings (SSSR count). The molecular formula is C20H28N2O2S. The Morgan fingerprint density at radius 2 is 2.00 bits per heavy atom. The summed E-state index contributed by atoms with van der Waals surface area (Å²) < 4.78 is 5.54. The van der Waals surface area contributed by atoms with Crippen molar-refractivity contribution in [1.82, 2.24) is 10.2 Å². The molecule has 1 N–H and O–H groups in total. The molecule has 2 aliphatic heterocycles. The number of carbonyl (C=O) groups is 1. The van der Waals surface area contributed by atoms with E-state index in [9.17, 15) is 4.79 Å². The quantitative estimate of drug-likeness (QED) is 0.897. The summed E-state index contributed by atoms with van der Waals surface area (Å²) in [5.41, 5.74) is 1.99. The van der Waals surface area contributed by atoms with Gasteiger partial charge < -0.3 is 15.0 Å². The number of hydrogen-bond donors (Lipinski definition) is 1. The summed E-state index contributed by atoms with van der Waals surface area (Å²) in [5.74, 6) is 0.697. The van der Waals surface area contributed by atoms with Crippen LogP contribution < -0.4 is 5.32 Å². The lowest BCUT2D eigenvalue weighted by molar-refractivity contribution is -0.136.